The number of nitrogens with one attached hydrogen (secondary N) is 1. The second kappa shape index (κ2) is 7.74. The zero-order valence-electron chi connectivity index (χ0n) is 9.95. The van der Waals surface area contributed by atoms with E-state index in [1.807, 2.05) is 23.9 Å². The predicted molar refractivity (Wildman–Crippen MR) is 70.5 cm³/mol. The summed E-state index contributed by atoms with van der Waals surface area (Å²) in [5.74, 6) is 1.35. The topological polar surface area (TPSA) is 55.1 Å². The normalized spacial score (nSPS) is 23.6. The number of carbonyl (C=O) groups excluding carboxylic acids is 1. The van der Waals surface area contributed by atoms with Gasteiger partial charge in [0, 0.05) is 12.6 Å². The number of hydrogen-bond acceptors (Lipinski definition) is 3. The van der Waals surface area contributed by atoms with Gasteiger partial charge in [0.05, 0.1) is 5.92 Å². The molecule has 0 radical (unpaired) electrons. The molecule has 3 N–H and O–H groups in total. The lowest BCUT2D eigenvalue weighted by atomic mass is 10.1. The number of nitrogens with two attached hydrogens (primary N) is 1. The molecule has 1 amide bonds. The molecule has 2 atom stereocenters. The van der Waals surface area contributed by atoms with Crippen molar-refractivity contribution in [3.8, 4) is 0 Å². The van der Waals surface area contributed by atoms with E-state index in [9.17, 15) is 4.79 Å². The maximum Gasteiger partial charge on any atom is 0.226 e. The SMILES string of the molecule is CSCCCCCNC(=O)C1C=CC(N)C1. The first-order valence-electron chi connectivity index (χ1n) is 5.94. The van der Waals surface area contributed by atoms with Crippen LogP contribution in [-0.4, -0.2) is 30.5 Å². The second-order valence-electron chi connectivity index (χ2n) is 4.24. The molecule has 0 aliphatic heterocycles. The van der Waals surface area contributed by atoms with Crippen LogP contribution in [0, 0.1) is 5.92 Å². The molecule has 0 bridgehead atoms. The van der Waals surface area contributed by atoms with Gasteiger partial charge in [0.2, 0.25) is 5.91 Å². The zero-order chi connectivity index (χ0) is 11.8. The van der Waals surface area contributed by atoms with Crippen molar-refractivity contribution in [2.24, 2.45) is 11.7 Å². The largest absolute Gasteiger partial charge is 0.356 e. The molecule has 16 heavy (non-hydrogen) atoms. The maximum absolute atomic E-state index is 11.7. The Bertz CT molecular complexity index is 243. The van der Waals surface area contributed by atoms with Crippen molar-refractivity contribution in [2.45, 2.75) is 31.7 Å². The Hall–Kier alpha value is -0.480. The number of thioether (sulfide) groups is 1. The number of hydrogen-bond donors (Lipinski definition) is 2. The standard InChI is InChI=1S/C12H22N2OS/c1-16-8-4-2-3-7-14-12(15)10-5-6-11(13)9-10/h5-6,10-11H,2-4,7-9,13H2,1H3,(H,14,15). The Morgan fingerprint density at radius 2 is 2.25 bits per heavy atom. The van der Waals surface area contributed by atoms with E-state index in [0.29, 0.717) is 0 Å². The first-order valence-corrected chi connectivity index (χ1v) is 7.34. The molecule has 92 valence electrons. The fraction of sp³-hybridized carbons (Fsp3) is 0.750. The van der Waals surface area contributed by atoms with E-state index < -0.39 is 0 Å². The summed E-state index contributed by atoms with van der Waals surface area (Å²) in [6, 6.07) is 0.0670. The summed E-state index contributed by atoms with van der Waals surface area (Å²) in [5.41, 5.74) is 5.70. The molecule has 0 aromatic heterocycles. The van der Waals surface area contributed by atoms with Gasteiger partial charge >= 0.3 is 0 Å². The minimum Gasteiger partial charge on any atom is -0.356 e. The van der Waals surface area contributed by atoms with Gasteiger partial charge in [-0.3, -0.25) is 4.79 Å². The van der Waals surface area contributed by atoms with Gasteiger partial charge < -0.3 is 11.1 Å². The number of amides is 1. The van der Waals surface area contributed by atoms with Crippen LogP contribution in [0.15, 0.2) is 12.2 Å². The Labute approximate surface area is 102 Å². The van der Waals surface area contributed by atoms with Crippen molar-refractivity contribution >= 4 is 17.7 Å². The predicted octanol–water partition coefficient (Wildman–Crippen LogP) is 1.54. The molecule has 0 saturated heterocycles. The Morgan fingerprint density at radius 3 is 2.88 bits per heavy atom. The smallest absolute Gasteiger partial charge is 0.226 e. The lowest BCUT2D eigenvalue weighted by molar-refractivity contribution is -0.123. The van der Waals surface area contributed by atoms with Crippen LogP contribution in [0.3, 0.4) is 0 Å². The first kappa shape index (κ1) is 13.6. The molecule has 0 spiro atoms. The summed E-state index contributed by atoms with van der Waals surface area (Å²) in [6.07, 6.45) is 10.2. The lowest BCUT2D eigenvalue weighted by Crippen LogP contribution is -2.31. The number of rotatable bonds is 7. The Balaban J connectivity index is 2.01. The van der Waals surface area contributed by atoms with E-state index in [1.165, 1.54) is 18.6 Å². The van der Waals surface area contributed by atoms with Crippen molar-refractivity contribution in [2.75, 3.05) is 18.6 Å². The molecule has 4 heteroatoms. The van der Waals surface area contributed by atoms with Crippen LogP contribution in [0.1, 0.15) is 25.7 Å². The highest BCUT2D eigenvalue weighted by atomic mass is 32.2. The number of carbonyl (C=O) groups is 1. The van der Waals surface area contributed by atoms with Crippen molar-refractivity contribution in [3.63, 3.8) is 0 Å². The first-order chi connectivity index (χ1) is 7.74. The van der Waals surface area contributed by atoms with Crippen LogP contribution in [-0.2, 0) is 4.79 Å². The van der Waals surface area contributed by atoms with E-state index in [1.54, 1.807) is 0 Å². The van der Waals surface area contributed by atoms with Gasteiger partial charge in [0.1, 0.15) is 0 Å². The Kier molecular flexibility index (Phi) is 6.57. The fourth-order valence-electron chi connectivity index (χ4n) is 1.81. The van der Waals surface area contributed by atoms with E-state index in [4.69, 9.17) is 5.73 Å². The van der Waals surface area contributed by atoms with E-state index in [2.05, 4.69) is 11.6 Å². The van der Waals surface area contributed by atoms with Crippen molar-refractivity contribution in [1.29, 1.82) is 0 Å². The monoisotopic (exact) mass is 242 g/mol. The third kappa shape index (κ3) is 5.03. The average Bonchev–Trinajstić information content (AvgIpc) is 2.70. The van der Waals surface area contributed by atoms with Crippen LogP contribution >= 0.6 is 11.8 Å². The van der Waals surface area contributed by atoms with Gasteiger partial charge in [-0.2, -0.15) is 11.8 Å². The van der Waals surface area contributed by atoms with E-state index in [0.717, 1.165) is 19.4 Å². The van der Waals surface area contributed by atoms with Gasteiger partial charge in [-0.1, -0.05) is 18.6 Å². The molecular weight excluding hydrogens is 220 g/mol. The Morgan fingerprint density at radius 1 is 1.44 bits per heavy atom. The molecule has 3 nitrogen and oxygen atoms in total. The number of unbranched alkanes of at least 4 members (excludes halogenated alkanes) is 2. The fourth-order valence-corrected chi connectivity index (χ4v) is 2.31. The van der Waals surface area contributed by atoms with Crippen LogP contribution in [0.25, 0.3) is 0 Å². The summed E-state index contributed by atoms with van der Waals surface area (Å²) in [6.45, 7) is 0.798. The van der Waals surface area contributed by atoms with Crippen LogP contribution < -0.4 is 11.1 Å². The molecule has 2 unspecified atom stereocenters. The minimum atomic E-state index is 0.00111. The lowest BCUT2D eigenvalue weighted by Gasteiger charge is -2.10. The molecule has 0 fully saturated rings. The van der Waals surface area contributed by atoms with Gasteiger partial charge in [0.25, 0.3) is 0 Å². The van der Waals surface area contributed by atoms with Crippen molar-refractivity contribution < 1.29 is 4.79 Å². The molecule has 0 heterocycles. The summed E-state index contributed by atoms with van der Waals surface area (Å²) < 4.78 is 0. The molecule has 0 aromatic rings. The summed E-state index contributed by atoms with van der Waals surface area (Å²) in [5, 5.41) is 2.97. The van der Waals surface area contributed by atoms with Crippen LogP contribution in [0.5, 0.6) is 0 Å². The quantitative estimate of drug-likeness (QED) is 0.526. The average molecular weight is 242 g/mol. The van der Waals surface area contributed by atoms with Gasteiger partial charge in [-0.25, -0.2) is 0 Å². The van der Waals surface area contributed by atoms with E-state index in [-0.39, 0.29) is 17.9 Å². The van der Waals surface area contributed by atoms with Crippen LogP contribution in [0.2, 0.25) is 0 Å². The van der Waals surface area contributed by atoms with Crippen LogP contribution in [0.4, 0.5) is 0 Å². The highest BCUT2D eigenvalue weighted by molar-refractivity contribution is 7.98. The molecule has 1 rings (SSSR count). The zero-order valence-corrected chi connectivity index (χ0v) is 10.8. The van der Waals surface area contributed by atoms with Crippen molar-refractivity contribution in [3.05, 3.63) is 12.2 Å². The van der Waals surface area contributed by atoms with Gasteiger partial charge in [-0.15, -0.1) is 0 Å². The van der Waals surface area contributed by atoms with Crippen molar-refractivity contribution in [1.82, 2.24) is 5.32 Å². The minimum absolute atomic E-state index is 0.00111. The van der Waals surface area contributed by atoms with Gasteiger partial charge in [0.15, 0.2) is 0 Å². The van der Waals surface area contributed by atoms with E-state index >= 15 is 0 Å². The second-order valence-corrected chi connectivity index (χ2v) is 5.22. The summed E-state index contributed by atoms with van der Waals surface area (Å²) >= 11 is 1.88. The third-order valence-corrected chi connectivity index (χ3v) is 3.47. The molecule has 1 aliphatic carbocycles. The van der Waals surface area contributed by atoms with Gasteiger partial charge in [-0.05, 0) is 31.3 Å². The molecule has 1 aliphatic rings. The third-order valence-electron chi connectivity index (χ3n) is 2.78. The maximum atomic E-state index is 11.7. The molecular formula is C12H22N2OS. The summed E-state index contributed by atoms with van der Waals surface area (Å²) in [7, 11) is 0. The molecule has 0 saturated carbocycles. The summed E-state index contributed by atoms with van der Waals surface area (Å²) in [4.78, 5) is 11.7. The molecule has 0 aromatic carbocycles. The highest BCUT2D eigenvalue weighted by Gasteiger charge is 2.21. The highest BCUT2D eigenvalue weighted by Crippen LogP contribution is 2.16.